The van der Waals surface area contributed by atoms with Gasteiger partial charge in [-0.25, -0.2) is 15.0 Å². The molecular formula is C43H25N3O. The Labute approximate surface area is 269 Å². The second-order valence-corrected chi connectivity index (χ2v) is 12.0. The van der Waals surface area contributed by atoms with E-state index in [1.165, 1.54) is 0 Å². The van der Waals surface area contributed by atoms with Crippen molar-refractivity contribution in [1.29, 1.82) is 0 Å². The van der Waals surface area contributed by atoms with E-state index >= 15 is 0 Å². The van der Waals surface area contributed by atoms with Crippen molar-refractivity contribution in [1.82, 2.24) is 15.0 Å². The highest BCUT2D eigenvalue weighted by Crippen LogP contribution is 2.43. The van der Waals surface area contributed by atoms with Crippen LogP contribution < -0.4 is 0 Å². The Balaban J connectivity index is 1.24. The molecule has 10 rings (SSSR count). The molecule has 0 unspecified atom stereocenters. The highest BCUT2D eigenvalue weighted by molar-refractivity contribution is 6.29. The zero-order valence-electron chi connectivity index (χ0n) is 25.2. The van der Waals surface area contributed by atoms with Crippen LogP contribution in [0.25, 0.3) is 99.2 Å². The zero-order chi connectivity index (χ0) is 30.9. The normalized spacial score (nSPS) is 11.8. The van der Waals surface area contributed by atoms with E-state index in [4.69, 9.17) is 19.4 Å². The summed E-state index contributed by atoms with van der Waals surface area (Å²) in [5.74, 6) is 0. The topological polar surface area (TPSA) is 51.8 Å². The molecule has 6 aromatic carbocycles. The maximum absolute atomic E-state index is 6.74. The van der Waals surface area contributed by atoms with Crippen molar-refractivity contribution < 1.29 is 4.42 Å². The van der Waals surface area contributed by atoms with Crippen LogP contribution in [-0.2, 0) is 0 Å². The molecule has 218 valence electrons. The minimum absolute atomic E-state index is 0.821. The summed E-state index contributed by atoms with van der Waals surface area (Å²) >= 11 is 0. The number of fused-ring (bicyclic) bond motifs is 10. The van der Waals surface area contributed by atoms with E-state index in [1.807, 2.05) is 24.3 Å². The zero-order valence-corrected chi connectivity index (χ0v) is 25.2. The van der Waals surface area contributed by atoms with Crippen molar-refractivity contribution in [3.63, 3.8) is 0 Å². The Bertz CT molecular complexity index is 2840. The average molecular weight is 600 g/mol. The third-order valence-electron chi connectivity index (χ3n) is 9.24. The number of hydrogen-bond acceptors (Lipinski definition) is 4. The van der Waals surface area contributed by atoms with Gasteiger partial charge in [0.05, 0.1) is 33.6 Å². The SMILES string of the molecule is c1ccc(-c2ccc3ccc4ccc(-c5cccc6c5oc5ccc7c(-c8ccccc8)nc8ccccc8c7c56)nc4c3n2)cc1. The third-order valence-corrected chi connectivity index (χ3v) is 9.24. The third kappa shape index (κ3) is 3.98. The molecule has 10 aromatic rings. The summed E-state index contributed by atoms with van der Waals surface area (Å²) in [5, 5.41) is 7.62. The highest BCUT2D eigenvalue weighted by atomic mass is 16.3. The molecule has 47 heavy (non-hydrogen) atoms. The lowest BCUT2D eigenvalue weighted by molar-refractivity contribution is 0.670. The fraction of sp³-hybridized carbons (Fsp3) is 0. The minimum Gasteiger partial charge on any atom is -0.455 e. The summed E-state index contributed by atoms with van der Waals surface area (Å²) in [6.45, 7) is 0. The molecule has 4 nitrogen and oxygen atoms in total. The van der Waals surface area contributed by atoms with Gasteiger partial charge < -0.3 is 4.42 Å². The Hall–Kier alpha value is -6.39. The monoisotopic (exact) mass is 599 g/mol. The molecule has 0 fully saturated rings. The molecule has 0 aliphatic rings. The molecule has 0 spiro atoms. The van der Waals surface area contributed by atoms with Gasteiger partial charge in [0, 0.05) is 54.4 Å². The first-order chi connectivity index (χ1) is 23.3. The Morgan fingerprint density at radius 1 is 0.404 bits per heavy atom. The predicted molar refractivity (Wildman–Crippen MR) is 193 cm³/mol. The van der Waals surface area contributed by atoms with Crippen LogP contribution in [0.4, 0.5) is 0 Å². The Morgan fingerprint density at radius 3 is 1.83 bits per heavy atom. The molecule has 0 amide bonds. The smallest absolute Gasteiger partial charge is 0.144 e. The molecule has 0 saturated carbocycles. The maximum Gasteiger partial charge on any atom is 0.144 e. The molecule has 4 aromatic heterocycles. The number of nitrogens with zero attached hydrogens (tertiary/aromatic N) is 3. The summed E-state index contributed by atoms with van der Waals surface area (Å²) < 4.78 is 6.74. The quantitative estimate of drug-likeness (QED) is 0.190. The van der Waals surface area contributed by atoms with E-state index in [-0.39, 0.29) is 0 Å². The molecular weight excluding hydrogens is 574 g/mol. The number of furan rings is 1. The van der Waals surface area contributed by atoms with Crippen LogP contribution in [0.5, 0.6) is 0 Å². The summed E-state index contributed by atoms with van der Waals surface area (Å²) in [6.07, 6.45) is 0. The Morgan fingerprint density at radius 2 is 1.04 bits per heavy atom. The van der Waals surface area contributed by atoms with Crippen molar-refractivity contribution in [2.45, 2.75) is 0 Å². The fourth-order valence-electron chi connectivity index (χ4n) is 7.04. The first-order valence-electron chi connectivity index (χ1n) is 15.8. The van der Waals surface area contributed by atoms with Gasteiger partial charge in [-0.05, 0) is 36.4 Å². The standard InChI is InChI=1S/C43H25N3O/c1-3-10-26(11-4-1)34-23-20-28-18-19-29-21-24-36(46-42(29)41(28)44-34)31-15-9-16-33-39-37(47-43(31)33)25-22-32-38(39)30-14-7-8-17-35(30)45-40(32)27-12-5-2-6-13-27/h1-25H. The molecule has 4 heterocycles. The van der Waals surface area contributed by atoms with Crippen molar-refractivity contribution >= 4 is 65.4 Å². The van der Waals surface area contributed by atoms with Gasteiger partial charge in [0.1, 0.15) is 11.2 Å². The van der Waals surface area contributed by atoms with E-state index in [0.717, 1.165) is 99.2 Å². The highest BCUT2D eigenvalue weighted by Gasteiger charge is 2.20. The van der Waals surface area contributed by atoms with Crippen molar-refractivity contribution in [2.75, 3.05) is 0 Å². The lowest BCUT2D eigenvalue weighted by Crippen LogP contribution is -1.91. The lowest BCUT2D eigenvalue weighted by Gasteiger charge is -2.11. The second kappa shape index (κ2) is 10.1. The lowest BCUT2D eigenvalue weighted by atomic mass is 9.95. The summed E-state index contributed by atoms with van der Waals surface area (Å²) in [6, 6.07) is 52.4. The fourth-order valence-corrected chi connectivity index (χ4v) is 7.04. The summed E-state index contributed by atoms with van der Waals surface area (Å²) in [7, 11) is 0. The number of para-hydroxylation sites is 2. The molecule has 0 aliphatic carbocycles. The van der Waals surface area contributed by atoms with Crippen LogP contribution in [0.1, 0.15) is 0 Å². The summed E-state index contributed by atoms with van der Waals surface area (Å²) in [5.41, 5.74) is 10.3. The van der Waals surface area contributed by atoms with Gasteiger partial charge in [0.15, 0.2) is 0 Å². The van der Waals surface area contributed by atoms with Gasteiger partial charge in [-0.3, -0.25) is 0 Å². The molecule has 0 N–H and O–H groups in total. The van der Waals surface area contributed by atoms with Gasteiger partial charge >= 0.3 is 0 Å². The van der Waals surface area contributed by atoms with E-state index in [9.17, 15) is 0 Å². The van der Waals surface area contributed by atoms with E-state index in [0.29, 0.717) is 0 Å². The molecule has 0 saturated heterocycles. The van der Waals surface area contributed by atoms with Gasteiger partial charge in [-0.15, -0.1) is 0 Å². The van der Waals surface area contributed by atoms with Crippen LogP contribution in [0.2, 0.25) is 0 Å². The van der Waals surface area contributed by atoms with Crippen LogP contribution in [0.3, 0.4) is 0 Å². The maximum atomic E-state index is 6.74. The molecule has 0 aliphatic heterocycles. The number of aromatic nitrogens is 3. The van der Waals surface area contributed by atoms with Gasteiger partial charge in [0.25, 0.3) is 0 Å². The number of benzene rings is 6. The van der Waals surface area contributed by atoms with Crippen LogP contribution in [0.15, 0.2) is 156 Å². The van der Waals surface area contributed by atoms with E-state index in [2.05, 4.69) is 127 Å². The molecule has 0 radical (unpaired) electrons. The second-order valence-electron chi connectivity index (χ2n) is 12.0. The van der Waals surface area contributed by atoms with Crippen molar-refractivity contribution in [3.05, 3.63) is 152 Å². The van der Waals surface area contributed by atoms with Gasteiger partial charge in [-0.2, -0.15) is 0 Å². The van der Waals surface area contributed by atoms with E-state index in [1.54, 1.807) is 0 Å². The number of rotatable bonds is 3. The predicted octanol–water partition coefficient (Wildman–Crippen LogP) is 11.4. The molecule has 4 heteroatoms. The number of hydrogen-bond donors (Lipinski definition) is 0. The summed E-state index contributed by atoms with van der Waals surface area (Å²) in [4.78, 5) is 15.5. The largest absolute Gasteiger partial charge is 0.455 e. The first-order valence-corrected chi connectivity index (χ1v) is 15.8. The van der Waals surface area contributed by atoms with Crippen LogP contribution in [-0.4, -0.2) is 15.0 Å². The van der Waals surface area contributed by atoms with E-state index < -0.39 is 0 Å². The van der Waals surface area contributed by atoms with Crippen LogP contribution >= 0.6 is 0 Å². The average Bonchev–Trinajstić information content (AvgIpc) is 3.54. The first kappa shape index (κ1) is 25.9. The molecule has 0 atom stereocenters. The van der Waals surface area contributed by atoms with Crippen molar-refractivity contribution in [3.8, 4) is 33.8 Å². The van der Waals surface area contributed by atoms with Crippen molar-refractivity contribution in [2.24, 2.45) is 0 Å². The van der Waals surface area contributed by atoms with Gasteiger partial charge in [-0.1, -0.05) is 115 Å². The van der Waals surface area contributed by atoms with Gasteiger partial charge in [0.2, 0.25) is 0 Å². The Kier molecular flexibility index (Phi) is 5.54. The molecule has 0 bridgehead atoms. The van der Waals surface area contributed by atoms with Crippen LogP contribution in [0, 0.1) is 0 Å². The number of pyridine rings is 3. The minimum atomic E-state index is 0.821.